The van der Waals surface area contributed by atoms with E-state index in [1.165, 1.54) is 0 Å². The van der Waals surface area contributed by atoms with Crippen LogP contribution in [0.1, 0.15) is 42.5 Å². The van der Waals surface area contributed by atoms with Crippen LogP contribution in [0.4, 0.5) is 16.2 Å². The SMILES string of the molecule is CNC(=O)c1ccc(N2CCN(Cc3cccc(NC(=O)OC(C)(C)C)c3)CC2)c(C)n1. The van der Waals surface area contributed by atoms with E-state index in [-0.39, 0.29) is 5.91 Å². The standard InChI is InChI=1S/C24H33N5O3/c1-17-21(10-9-20(26-17)22(30)25-5)29-13-11-28(12-14-29)16-18-7-6-8-19(15-18)27-23(31)32-24(2,3)4/h6-10,15H,11-14,16H2,1-5H3,(H,25,30)(H,27,31). The molecule has 2 aromatic rings. The van der Waals surface area contributed by atoms with Crippen LogP contribution in [-0.2, 0) is 11.3 Å². The Labute approximate surface area is 190 Å². The first kappa shape index (κ1) is 23.5. The van der Waals surface area contributed by atoms with Gasteiger partial charge in [-0.3, -0.25) is 15.0 Å². The summed E-state index contributed by atoms with van der Waals surface area (Å²) in [5.41, 5.74) is 3.71. The molecule has 32 heavy (non-hydrogen) atoms. The zero-order chi connectivity index (χ0) is 23.3. The molecule has 8 nitrogen and oxygen atoms in total. The van der Waals surface area contributed by atoms with Gasteiger partial charge >= 0.3 is 6.09 Å². The summed E-state index contributed by atoms with van der Waals surface area (Å²) in [5, 5.41) is 5.41. The second-order valence-corrected chi connectivity index (χ2v) is 8.97. The number of hydrogen-bond donors (Lipinski definition) is 2. The first-order valence-electron chi connectivity index (χ1n) is 10.9. The van der Waals surface area contributed by atoms with Crippen molar-refractivity contribution < 1.29 is 14.3 Å². The van der Waals surface area contributed by atoms with E-state index in [9.17, 15) is 9.59 Å². The molecule has 1 saturated heterocycles. The lowest BCUT2D eigenvalue weighted by molar-refractivity contribution is 0.0635. The van der Waals surface area contributed by atoms with Gasteiger partial charge in [0.1, 0.15) is 11.3 Å². The molecule has 1 aliphatic rings. The number of aromatic nitrogens is 1. The van der Waals surface area contributed by atoms with Crippen LogP contribution in [0.2, 0.25) is 0 Å². The minimum Gasteiger partial charge on any atom is -0.444 e. The molecule has 1 fully saturated rings. The number of rotatable bonds is 5. The Morgan fingerprint density at radius 1 is 1.09 bits per heavy atom. The zero-order valence-electron chi connectivity index (χ0n) is 19.6. The molecule has 0 bridgehead atoms. The van der Waals surface area contributed by atoms with Gasteiger partial charge in [-0.15, -0.1) is 0 Å². The Balaban J connectivity index is 1.55. The number of nitrogens with one attached hydrogen (secondary N) is 2. The number of aryl methyl sites for hydroxylation is 1. The second-order valence-electron chi connectivity index (χ2n) is 8.97. The fourth-order valence-electron chi connectivity index (χ4n) is 3.72. The van der Waals surface area contributed by atoms with E-state index in [0.717, 1.165) is 55.4 Å². The number of anilines is 2. The molecule has 0 saturated carbocycles. The van der Waals surface area contributed by atoms with Crippen LogP contribution in [0.5, 0.6) is 0 Å². The Bertz CT molecular complexity index is 962. The molecule has 2 N–H and O–H groups in total. The Morgan fingerprint density at radius 2 is 1.81 bits per heavy atom. The van der Waals surface area contributed by atoms with E-state index >= 15 is 0 Å². The minimum atomic E-state index is -0.530. The topological polar surface area (TPSA) is 86.8 Å². The summed E-state index contributed by atoms with van der Waals surface area (Å²) >= 11 is 0. The molecule has 1 aliphatic heterocycles. The van der Waals surface area contributed by atoms with E-state index < -0.39 is 11.7 Å². The Hall–Kier alpha value is -3.13. The van der Waals surface area contributed by atoms with Crippen LogP contribution in [0.25, 0.3) is 0 Å². The predicted molar refractivity (Wildman–Crippen MR) is 126 cm³/mol. The van der Waals surface area contributed by atoms with Crippen molar-refractivity contribution in [1.82, 2.24) is 15.2 Å². The maximum absolute atomic E-state index is 12.0. The summed E-state index contributed by atoms with van der Waals surface area (Å²) in [6, 6.07) is 11.6. The third kappa shape index (κ3) is 6.43. The molecule has 1 aromatic heterocycles. The van der Waals surface area contributed by atoms with E-state index in [1.807, 2.05) is 52.0 Å². The normalized spacial score (nSPS) is 14.7. The van der Waals surface area contributed by atoms with Crippen LogP contribution in [0.3, 0.4) is 0 Å². The van der Waals surface area contributed by atoms with Gasteiger partial charge in [0.15, 0.2) is 0 Å². The maximum Gasteiger partial charge on any atom is 0.412 e. The molecule has 0 aliphatic carbocycles. The number of piperazine rings is 1. The maximum atomic E-state index is 12.0. The smallest absolute Gasteiger partial charge is 0.412 e. The highest BCUT2D eigenvalue weighted by Crippen LogP contribution is 2.22. The zero-order valence-corrected chi connectivity index (χ0v) is 19.6. The van der Waals surface area contributed by atoms with Gasteiger partial charge < -0.3 is 15.0 Å². The molecule has 0 spiro atoms. The molecule has 0 radical (unpaired) electrons. The van der Waals surface area contributed by atoms with Crippen molar-refractivity contribution in [3.63, 3.8) is 0 Å². The molecular weight excluding hydrogens is 406 g/mol. The predicted octanol–water partition coefficient (Wildman–Crippen LogP) is 3.42. The number of benzene rings is 1. The first-order valence-corrected chi connectivity index (χ1v) is 10.9. The number of carbonyl (C=O) groups is 2. The number of amides is 2. The third-order valence-electron chi connectivity index (χ3n) is 5.21. The monoisotopic (exact) mass is 439 g/mol. The largest absolute Gasteiger partial charge is 0.444 e. The third-order valence-corrected chi connectivity index (χ3v) is 5.21. The number of hydrogen-bond acceptors (Lipinski definition) is 6. The van der Waals surface area contributed by atoms with Crippen LogP contribution in [0, 0.1) is 6.92 Å². The number of ether oxygens (including phenoxy) is 1. The van der Waals surface area contributed by atoms with Gasteiger partial charge in [0.2, 0.25) is 0 Å². The molecule has 1 aromatic carbocycles. The molecule has 3 rings (SSSR count). The van der Waals surface area contributed by atoms with Crippen molar-refractivity contribution in [3.8, 4) is 0 Å². The highest BCUT2D eigenvalue weighted by Gasteiger charge is 2.20. The summed E-state index contributed by atoms with van der Waals surface area (Å²) < 4.78 is 5.33. The highest BCUT2D eigenvalue weighted by atomic mass is 16.6. The van der Waals surface area contributed by atoms with Crippen molar-refractivity contribution >= 4 is 23.4 Å². The van der Waals surface area contributed by atoms with Crippen molar-refractivity contribution in [3.05, 3.63) is 53.3 Å². The van der Waals surface area contributed by atoms with E-state index in [4.69, 9.17) is 4.74 Å². The van der Waals surface area contributed by atoms with Gasteiger partial charge in [0, 0.05) is 45.5 Å². The van der Waals surface area contributed by atoms with Gasteiger partial charge in [-0.05, 0) is 57.5 Å². The molecule has 2 amide bonds. The summed E-state index contributed by atoms with van der Waals surface area (Å²) in [4.78, 5) is 33.0. The molecule has 172 valence electrons. The fourth-order valence-corrected chi connectivity index (χ4v) is 3.72. The van der Waals surface area contributed by atoms with Crippen LogP contribution in [-0.4, -0.2) is 60.7 Å². The summed E-state index contributed by atoms with van der Waals surface area (Å²) in [6.07, 6.45) is -0.449. The molecule has 2 heterocycles. The van der Waals surface area contributed by atoms with Crippen molar-refractivity contribution in [1.29, 1.82) is 0 Å². The van der Waals surface area contributed by atoms with Crippen molar-refractivity contribution in [2.45, 2.75) is 39.8 Å². The second kappa shape index (κ2) is 9.99. The van der Waals surface area contributed by atoms with Gasteiger partial charge in [0.05, 0.1) is 11.4 Å². The summed E-state index contributed by atoms with van der Waals surface area (Å²) in [6.45, 7) is 11.9. The van der Waals surface area contributed by atoms with Gasteiger partial charge in [-0.2, -0.15) is 0 Å². The number of carbonyl (C=O) groups excluding carboxylic acids is 2. The van der Waals surface area contributed by atoms with Crippen molar-refractivity contribution in [2.24, 2.45) is 0 Å². The highest BCUT2D eigenvalue weighted by molar-refractivity contribution is 5.92. The van der Waals surface area contributed by atoms with E-state index in [0.29, 0.717) is 5.69 Å². The average Bonchev–Trinajstić information content (AvgIpc) is 2.72. The first-order chi connectivity index (χ1) is 15.1. The fraction of sp³-hybridized carbons (Fsp3) is 0.458. The Morgan fingerprint density at radius 3 is 2.44 bits per heavy atom. The lowest BCUT2D eigenvalue weighted by atomic mass is 10.1. The van der Waals surface area contributed by atoms with E-state index in [1.54, 1.807) is 13.1 Å². The lowest BCUT2D eigenvalue weighted by Gasteiger charge is -2.36. The van der Waals surface area contributed by atoms with E-state index in [2.05, 4.69) is 31.5 Å². The summed E-state index contributed by atoms with van der Waals surface area (Å²) in [5.74, 6) is -0.173. The van der Waals surface area contributed by atoms with Gasteiger partial charge in [-0.1, -0.05) is 12.1 Å². The molecule has 0 atom stereocenters. The van der Waals surface area contributed by atoms with Crippen LogP contribution < -0.4 is 15.5 Å². The lowest BCUT2D eigenvalue weighted by Crippen LogP contribution is -2.46. The minimum absolute atomic E-state index is 0.173. The summed E-state index contributed by atoms with van der Waals surface area (Å²) in [7, 11) is 1.61. The van der Waals surface area contributed by atoms with Gasteiger partial charge in [-0.25, -0.2) is 9.78 Å². The van der Waals surface area contributed by atoms with Crippen molar-refractivity contribution in [2.75, 3.05) is 43.4 Å². The van der Waals surface area contributed by atoms with Crippen LogP contribution in [0.15, 0.2) is 36.4 Å². The molecular formula is C24H33N5O3. The number of nitrogens with zero attached hydrogens (tertiary/aromatic N) is 3. The van der Waals surface area contributed by atoms with Gasteiger partial charge in [0.25, 0.3) is 5.91 Å². The molecule has 0 unspecified atom stereocenters. The number of pyridine rings is 1. The quantitative estimate of drug-likeness (QED) is 0.742. The molecule has 8 heteroatoms. The van der Waals surface area contributed by atoms with Crippen LogP contribution >= 0.6 is 0 Å². The average molecular weight is 440 g/mol. The Kier molecular flexibility index (Phi) is 7.35.